The Morgan fingerprint density at radius 2 is 1.56 bits per heavy atom. The lowest BCUT2D eigenvalue weighted by Crippen LogP contribution is -2.22. The van der Waals surface area contributed by atoms with Crippen molar-refractivity contribution < 1.29 is 4.79 Å². The van der Waals surface area contributed by atoms with Gasteiger partial charge in [0.15, 0.2) is 0 Å². The molecule has 1 N–H and O–H groups in total. The number of thioether (sulfide) groups is 1. The summed E-state index contributed by atoms with van der Waals surface area (Å²) in [5, 5.41) is 13.1. The van der Waals surface area contributed by atoms with Crippen molar-refractivity contribution in [3.63, 3.8) is 0 Å². The van der Waals surface area contributed by atoms with Crippen molar-refractivity contribution >= 4 is 23.4 Å². The second-order valence-corrected chi connectivity index (χ2v) is 9.46. The van der Waals surface area contributed by atoms with E-state index in [1.165, 1.54) is 17.3 Å². The molecule has 0 saturated carbocycles. The van der Waals surface area contributed by atoms with E-state index in [9.17, 15) is 10.1 Å². The van der Waals surface area contributed by atoms with Gasteiger partial charge in [-0.3, -0.25) is 4.79 Å². The zero-order chi connectivity index (χ0) is 24.1. The average Bonchev–Trinajstić information content (AvgIpc) is 2.86. The van der Waals surface area contributed by atoms with E-state index in [4.69, 9.17) is 4.98 Å². The zero-order valence-corrected chi connectivity index (χ0v) is 20.2. The van der Waals surface area contributed by atoms with Crippen LogP contribution in [0.15, 0.2) is 90.0 Å². The molecule has 0 spiro atoms. The van der Waals surface area contributed by atoms with E-state index in [0.29, 0.717) is 10.6 Å². The SMILES string of the molecule is Cc1ccc(NC(=O)[C@@H](C)Sc2nc(-c3ccccc3)cc(-c3ccccc3)c2C#N)cc1C. The minimum Gasteiger partial charge on any atom is -0.325 e. The van der Waals surface area contributed by atoms with Crippen molar-refractivity contribution in [2.24, 2.45) is 0 Å². The number of nitriles is 1. The molecule has 1 amide bonds. The van der Waals surface area contributed by atoms with Crippen molar-refractivity contribution in [1.29, 1.82) is 5.26 Å². The first kappa shape index (κ1) is 23.3. The van der Waals surface area contributed by atoms with Gasteiger partial charge in [-0.2, -0.15) is 5.26 Å². The Morgan fingerprint density at radius 3 is 2.18 bits per heavy atom. The fraction of sp³-hybridized carbons (Fsp3) is 0.138. The number of hydrogen-bond acceptors (Lipinski definition) is 4. The lowest BCUT2D eigenvalue weighted by Gasteiger charge is -2.16. The number of anilines is 1. The van der Waals surface area contributed by atoms with Gasteiger partial charge in [-0.15, -0.1) is 0 Å². The number of rotatable bonds is 6. The summed E-state index contributed by atoms with van der Waals surface area (Å²) in [5.74, 6) is -0.134. The maximum atomic E-state index is 13.0. The third-order valence-electron chi connectivity index (χ3n) is 5.68. The van der Waals surface area contributed by atoms with E-state index >= 15 is 0 Å². The second kappa shape index (κ2) is 10.4. The molecule has 0 bridgehead atoms. The molecule has 4 rings (SSSR count). The first-order valence-corrected chi connectivity index (χ1v) is 11.9. The quantitative estimate of drug-likeness (QED) is 0.312. The standard InChI is InChI=1S/C29H25N3OS/c1-19-14-15-24(16-20(19)2)31-28(33)21(3)34-29-26(18-30)25(22-10-6-4-7-11-22)17-27(32-29)23-12-8-5-9-13-23/h4-17,21H,1-3H3,(H,31,33)/t21-/m1/s1. The van der Waals surface area contributed by atoms with Gasteiger partial charge in [0.25, 0.3) is 0 Å². The van der Waals surface area contributed by atoms with Crippen LogP contribution in [0, 0.1) is 25.2 Å². The summed E-state index contributed by atoms with van der Waals surface area (Å²) in [6.07, 6.45) is 0. The maximum Gasteiger partial charge on any atom is 0.237 e. The Kier molecular flexibility index (Phi) is 7.10. The van der Waals surface area contributed by atoms with Crippen molar-refractivity contribution in [2.75, 3.05) is 5.32 Å². The molecule has 0 saturated heterocycles. The van der Waals surface area contributed by atoms with Gasteiger partial charge in [-0.25, -0.2) is 4.98 Å². The van der Waals surface area contributed by atoms with Crippen molar-refractivity contribution in [3.8, 4) is 28.5 Å². The van der Waals surface area contributed by atoms with Gasteiger partial charge in [-0.1, -0.05) is 78.5 Å². The summed E-state index contributed by atoms with van der Waals surface area (Å²) >= 11 is 1.30. The molecule has 0 aliphatic carbocycles. The third kappa shape index (κ3) is 5.19. The molecule has 0 radical (unpaired) electrons. The summed E-state index contributed by atoms with van der Waals surface area (Å²) in [7, 11) is 0. The Bertz CT molecular complexity index is 1360. The van der Waals surface area contributed by atoms with E-state index in [-0.39, 0.29) is 5.91 Å². The van der Waals surface area contributed by atoms with Gasteiger partial charge in [0.1, 0.15) is 11.1 Å². The largest absolute Gasteiger partial charge is 0.325 e. The summed E-state index contributed by atoms with van der Waals surface area (Å²) < 4.78 is 0. The molecule has 0 unspecified atom stereocenters. The second-order valence-electron chi connectivity index (χ2n) is 8.13. The number of nitrogens with zero attached hydrogens (tertiary/aromatic N) is 2. The minimum atomic E-state index is -0.448. The highest BCUT2D eigenvalue weighted by Gasteiger charge is 2.21. The monoisotopic (exact) mass is 463 g/mol. The van der Waals surface area contributed by atoms with E-state index in [0.717, 1.165) is 33.6 Å². The van der Waals surface area contributed by atoms with Crippen LogP contribution in [-0.4, -0.2) is 16.1 Å². The summed E-state index contributed by atoms with van der Waals surface area (Å²) in [6, 6.07) is 29.8. The number of carbonyl (C=O) groups is 1. The lowest BCUT2D eigenvalue weighted by molar-refractivity contribution is -0.115. The number of carbonyl (C=O) groups excluding carboxylic acids is 1. The molecular formula is C29H25N3OS. The lowest BCUT2D eigenvalue weighted by atomic mass is 9.99. The molecule has 1 atom stereocenters. The molecule has 34 heavy (non-hydrogen) atoms. The normalized spacial score (nSPS) is 11.5. The fourth-order valence-corrected chi connectivity index (χ4v) is 4.53. The average molecular weight is 464 g/mol. The number of amides is 1. The Labute approximate surface area is 204 Å². The predicted octanol–water partition coefficient (Wildman–Crippen LogP) is 7.02. The van der Waals surface area contributed by atoms with Crippen LogP contribution in [0.4, 0.5) is 5.69 Å². The molecule has 168 valence electrons. The third-order valence-corrected chi connectivity index (χ3v) is 6.77. The van der Waals surface area contributed by atoms with Gasteiger partial charge >= 0.3 is 0 Å². The van der Waals surface area contributed by atoms with Crippen molar-refractivity contribution in [1.82, 2.24) is 4.98 Å². The molecule has 3 aromatic carbocycles. The maximum absolute atomic E-state index is 13.0. The van der Waals surface area contributed by atoms with Crippen LogP contribution < -0.4 is 5.32 Å². The highest BCUT2D eigenvalue weighted by molar-refractivity contribution is 8.00. The molecule has 4 nitrogen and oxygen atoms in total. The summed E-state index contributed by atoms with van der Waals surface area (Å²) in [4.78, 5) is 17.8. The summed E-state index contributed by atoms with van der Waals surface area (Å²) in [5.41, 5.74) is 7.00. The molecule has 4 aromatic rings. The number of aromatic nitrogens is 1. The highest BCUT2D eigenvalue weighted by Crippen LogP contribution is 2.35. The number of pyridine rings is 1. The van der Waals surface area contributed by atoms with Crippen LogP contribution in [0.1, 0.15) is 23.6 Å². The fourth-order valence-electron chi connectivity index (χ4n) is 3.60. The van der Waals surface area contributed by atoms with E-state index in [1.54, 1.807) is 0 Å². The number of nitrogens with one attached hydrogen (secondary N) is 1. The van der Waals surface area contributed by atoms with Crippen molar-refractivity contribution in [3.05, 3.63) is 102 Å². The van der Waals surface area contributed by atoms with E-state index in [1.807, 2.05) is 106 Å². The predicted molar refractivity (Wildman–Crippen MR) is 140 cm³/mol. The number of benzene rings is 3. The van der Waals surface area contributed by atoms with Crippen LogP contribution in [-0.2, 0) is 4.79 Å². The zero-order valence-electron chi connectivity index (χ0n) is 19.4. The van der Waals surface area contributed by atoms with Gasteiger partial charge in [0.2, 0.25) is 5.91 Å². The van der Waals surface area contributed by atoms with E-state index < -0.39 is 5.25 Å². The smallest absolute Gasteiger partial charge is 0.237 e. The van der Waals surface area contributed by atoms with Gasteiger partial charge in [0.05, 0.1) is 16.5 Å². The first-order chi connectivity index (χ1) is 16.5. The van der Waals surface area contributed by atoms with Crippen LogP contribution in [0.2, 0.25) is 0 Å². The number of hydrogen-bond donors (Lipinski definition) is 1. The Hall–Kier alpha value is -3.88. The van der Waals surface area contributed by atoms with Crippen molar-refractivity contribution in [2.45, 2.75) is 31.0 Å². The minimum absolute atomic E-state index is 0.134. The van der Waals surface area contributed by atoms with Crippen LogP contribution >= 0.6 is 11.8 Å². The van der Waals surface area contributed by atoms with Crippen LogP contribution in [0.3, 0.4) is 0 Å². The molecule has 0 fully saturated rings. The van der Waals surface area contributed by atoms with E-state index in [2.05, 4.69) is 11.4 Å². The van der Waals surface area contributed by atoms with Gasteiger partial charge in [-0.05, 0) is 55.7 Å². The molecular weight excluding hydrogens is 438 g/mol. The van der Waals surface area contributed by atoms with Crippen LogP contribution in [0.25, 0.3) is 22.4 Å². The number of aryl methyl sites for hydroxylation is 2. The van der Waals surface area contributed by atoms with Gasteiger partial charge < -0.3 is 5.32 Å². The van der Waals surface area contributed by atoms with Gasteiger partial charge in [0, 0.05) is 16.8 Å². The molecule has 1 aromatic heterocycles. The Morgan fingerprint density at radius 1 is 0.912 bits per heavy atom. The molecule has 1 heterocycles. The Balaban J connectivity index is 1.70. The highest BCUT2D eigenvalue weighted by atomic mass is 32.2. The molecule has 5 heteroatoms. The summed E-state index contributed by atoms with van der Waals surface area (Å²) in [6.45, 7) is 5.90. The molecule has 0 aliphatic rings. The topological polar surface area (TPSA) is 65.8 Å². The van der Waals surface area contributed by atoms with Crippen LogP contribution in [0.5, 0.6) is 0 Å². The first-order valence-electron chi connectivity index (χ1n) is 11.1. The molecule has 0 aliphatic heterocycles.